The zero-order chi connectivity index (χ0) is 21.0. The normalized spacial score (nSPS) is 17.6. The number of piperidine rings is 1. The predicted octanol–water partition coefficient (Wildman–Crippen LogP) is 3.90. The second-order valence-corrected chi connectivity index (χ2v) is 9.68. The molecule has 1 atom stereocenters. The van der Waals surface area contributed by atoms with Gasteiger partial charge in [-0.25, -0.2) is 13.1 Å². The molecule has 3 aromatic rings. The Morgan fingerprint density at radius 1 is 1.03 bits per heavy atom. The first-order valence-electron chi connectivity index (χ1n) is 10.2. The van der Waals surface area contributed by atoms with E-state index in [0.717, 1.165) is 43.2 Å². The molecule has 0 radical (unpaired) electrons. The van der Waals surface area contributed by atoms with Gasteiger partial charge < -0.3 is 0 Å². The van der Waals surface area contributed by atoms with Crippen molar-refractivity contribution in [2.45, 2.75) is 24.3 Å². The Balaban J connectivity index is 1.36. The van der Waals surface area contributed by atoms with Gasteiger partial charge in [0.1, 0.15) is 0 Å². The highest BCUT2D eigenvalue weighted by Gasteiger charge is 2.23. The number of fused-ring (bicyclic) bond motifs is 1. The van der Waals surface area contributed by atoms with Crippen molar-refractivity contribution in [2.24, 2.45) is 5.92 Å². The highest BCUT2D eigenvalue weighted by molar-refractivity contribution is 7.89. The molecule has 30 heavy (non-hydrogen) atoms. The minimum atomic E-state index is -3.53. The number of rotatable bonds is 6. The van der Waals surface area contributed by atoms with E-state index in [1.54, 1.807) is 12.1 Å². The Hall–Kier alpha value is -2.72. The number of nitrogens with one attached hydrogen (secondary N) is 1. The topological polar surface area (TPSA) is 73.2 Å². The summed E-state index contributed by atoms with van der Waals surface area (Å²) >= 11 is 0. The van der Waals surface area contributed by atoms with Gasteiger partial charge in [0.15, 0.2) is 0 Å². The van der Waals surface area contributed by atoms with E-state index < -0.39 is 10.0 Å². The first-order valence-corrected chi connectivity index (χ1v) is 11.7. The van der Waals surface area contributed by atoms with Gasteiger partial charge in [-0.1, -0.05) is 42.5 Å². The zero-order valence-corrected chi connectivity index (χ0v) is 17.6. The van der Waals surface area contributed by atoms with Gasteiger partial charge in [0.05, 0.1) is 16.5 Å². The maximum absolute atomic E-state index is 12.8. The van der Waals surface area contributed by atoms with E-state index in [2.05, 4.69) is 15.7 Å². The van der Waals surface area contributed by atoms with Gasteiger partial charge in [-0.05, 0) is 65.9 Å². The third-order valence-corrected chi connectivity index (χ3v) is 7.11. The summed E-state index contributed by atoms with van der Waals surface area (Å²) in [6.45, 7) is 3.13. The molecule has 1 aliphatic rings. The van der Waals surface area contributed by atoms with Crippen LogP contribution in [-0.4, -0.2) is 33.0 Å². The molecule has 5 nitrogen and oxygen atoms in total. The quantitative estimate of drug-likeness (QED) is 0.658. The van der Waals surface area contributed by atoms with Crippen LogP contribution in [0.3, 0.4) is 0 Å². The van der Waals surface area contributed by atoms with Crippen LogP contribution in [0.25, 0.3) is 10.8 Å². The average Bonchev–Trinajstić information content (AvgIpc) is 2.78. The van der Waals surface area contributed by atoms with Gasteiger partial charge in [-0.15, -0.1) is 0 Å². The molecule has 1 heterocycles. The third kappa shape index (κ3) is 4.88. The molecular weight excluding hydrogens is 394 g/mol. The van der Waals surface area contributed by atoms with Gasteiger partial charge in [0.25, 0.3) is 0 Å². The van der Waals surface area contributed by atoms with Crippen LogP contribution in [0.15, 0.2) is 71.6 Å². The Morgan fingerprint density at radius 2 is 1.80 bits per heavy atom. The molecule has 0 saturated carbocycles. The molecule has 4 rings (SSSR count). The molecule has 0 aromatic heterocycles. The monoisotopic (exact) mass is 419 g/mol. The van der Waals surface area contributed by atoms with Crippen molar-refractivity contribution in [1.82, 2.24) is 9.62 Å². The standard InChI is InChI=1S/C24H25N3O2S/c25-15-19-7-9-20(10-8-19)17-27-13-3-4-21(18-27)16-26-30(28,29)24-12-11-22-5-1-2-6-23(22)14-24/h1-2,5-12,14,21,26H,3-4,13,16-18H2. The SMILES string of the molecule is N#Cc1ccc(CN2CCCC(CNS(=O)(=O)c3ccc4ccccc4c3)C2)cc1. The van der Waals surface area contributed by atoms with Crippen molar-refractivity contribution in [1.29, 1.82) is 5.26 Å². The van der Waals surface area contributed by atoms with Crippen molar-refractivity contribution in [2.75, 3.05) is 19.6 Å². The molecule has 1 unspecified atom stereocenters. The molecular formula is C24H25N3O2S. The molecule has 0 bridgehead atoms. The largest absolute Gasteiger partial charge is 0.299 e. The van der Waals surface area contributed by atoms with E-state index in [1.165, 1.54) is 5.56 Å². The number of likely N-dealkylation sites (tertiary alicyclic amines) is 1. The van der Waals surface area contributed by atoms with Gasteiger partial charge in [0, 0.05) is 19.6 Å². The minimum Gasteiger partial charge on any atom is -0.299 e. The third-order valence-electron chi connectivity index (χ3n) is 5.69. The molecule has 1 N–H and O–H groups in total. The molecule has 1 saturated heterocycles. The summed E-state index contributed by atoms with van der Waals surface area (Å²) in [7, 11) is -3.53. The maximum Gasteiger partial charge on any atom is 0.240 e. The molecule has 1 aliphatic heterocycles. The lowest BCUT2D eigenvalue weighted by molar-refractivity contribution is 0.169. The van der Waals surface area contributed by atoms with Gasteiger partial charge in [-0.2, -0.15) is 5.26 Å². The number of nitrogens with zero attached hydrogens (tertiary/aromatic N) is 2. The lowest BCUT2D eigenvalue weighted by Crippen LogP contribution is -2.40. The lowest BCUT2D eigenvalue weighted by Gasteiger charge is -2.32. The van der Waals surface area contributed by atoms with E-state index >= 15 is 0 Å². The Bertz CT molecular complexity index is 1170. The van der Waals surface area contributed by atoms with Crippen LogP contribution in [0.2, 0.25) is 0 Å². The lowest BCUT2D eigenvalue weighted by atomic mass is 9.98. The summed E-state index contributed by atoms with van der Waals surface area (Å²) in [4.78, 5) is 2.67. The maximum atomic E-state index is 12.8. The summed E-state index contributed by atoms with van der Waals surface area (Å²) in [5.41, 5.74) is 1.84. The van der Waals surface area contributed by atoms with Gasteiger partial charge in [0.2, 0.25) is 10.0 Å². The fourth-order valence-electron chi connectivity index (χ4n) is 4.05. The van der Waals surface area contributed by atoms with Crippen LogP contribution in [0.1, 0.15) is 24.0 Å². The summed E-state index contributed by atoms with van der Waals surface area (Å²) in [6.07, 6.45) is 2.07. The molecule has 3 aromatic carbocycles. The zero-order valence-electron chi connectivity index (χ0n) is 16.8. The summed E-state index contributed by atoms with van der Waals surface area (Å²) < 4.78 is 28.4. The van der Waals surface area contributed by atoms with E-state index in [1.807, 2.05) is 54.6 Å². The van der Waals surface area contributed by atoms with Gasteiger partial charge in [-0.3, -0.25) is 4.90 Å². The van der Waals surface area contributed by atoms with Crippen LogP contribution >= 0.6 is 0 Å². The first kappa shape index (κ1) is 20.5. The number of benzene rings is 3. The molecule has 154 valence electrons. The smallest absolute Gasteiger partial charge is 0.240 e. The van der Waals surface area contributed by atoms with Crippen LogP contribution in [0.5, 0.6) is 0 Å². The second kappa shape index (κ2) is 8.97. The van der Waals surface area contributed by atoms with Crippen LogP contribution in [0.4, 0.5) is 0 Å². The molecule has 0 spiro atoms. The summed E-state index contributed by atoms with van der Waals surface area (Å²) in [5, 5.41) is 10.9. The molecule has 0 amide bonds. The van der Waals surface area contributed by atoms with Crippen molar-refractivity contribution in [3.8, 4) is 6.07 Å². The van der Waals surface area contributed by atoms with Crippen molar-refractivity contribution in [3.05, 3.63) is 77.9 Å². The number of sulfonamides is 1. The fourth-order valence-corrected chi connectivity index (χ4v) is 5.20. The molecule has 0 aliphatic carbocycles. The highest BCUT2D eigenvalue weighted by atomic mass is 32.2. The second-order valence-electron chi connectivity index (χ2n) is 7.91. The van der Waals surface area contributed by atoms with Crippen molar-refractivity contribution < 1.29 is 8.42 Å². The Kier molecular flexibility index (Phi) is 6.14. The number of hydrogen-bond donors (Lipinski definition) is 1. The minimum absolute atomic E-state index is 0.285. The Morgan fingerprint density at radius 3 is 2.57 bits per heavy atom. The van der Waals surface area contributed by atoms with E-state index in [-0.39, 0.29) is 5.92 Å². The van der Waals surface area contributed by atoms with Crippen molar-refractivity contribution in [3.63, 3.8) is 0 Å². The fraction of sp³-hybridized carbons (Fsp3) is 0.292. The van der Waals surface area contributed by atoms with E-state index in [9.17, 15) is 8.42 Å². The van der Waals surface area contributed by atoms with Crippen LogP contribution < -0.4 is 4.72 Å². The predicted molar refractivity (Wildman–Crippen MR) is 118 cm³/mol. The van der Waals surface area contributed by atoms with E-state index in [0.29, 0.717) is 17.0 Å². The van der Waals surface area contributed by atoms with E-state index in [4.69, 9.17) is 5.26 Å². The average molecular weight is 420 g/mol. The molecule has 1 fully saturated rings. The van der Waals surface area contributed by atoms with Gasteiger partial charge >= 0.3 is 0 Å². The van der Waals surface area contributed by atoms with Crippen LogP contribution in [0, 0.1) is 17.2 Å². The highest BCUT2D eigenvalue weighted by Crippen LogP contribution is 2.21. The van der Waals surface area contributed by atoms with Crippen LogP contribution in [-0.2, 0) is 16.6 Å². The first-order chi connectivity index (χ1) is 14.5. The number of nitriles is 1. The number of hydrogen-bond acceptors (Lipinski definition) is 4. The Labute approximate surface area is 178 Å². The summed E-state index contributed by atoms with van der Waals surface area (Å²) in [6, 6.07) is 22.8. The molecule has 6 heteroatoms. The summed E-state index contributed by atoms with van der Waals surface area (Å²) in [5.74, 6) is 0.285. The van der Waals surface area contributed by atoms with Crippen molar-refractivity contribution >= 4 is 20.8 Å².